The average Bonchev–Trinajstić information content (AvgIpc) is 3.08. The second-order valence-electron chi connectivity index (χ2n) is 5.87. The summed E-state index contributed by atoms with van der Waals surface area (Å²) in [7, 11) is 0. The molecule has 1 fully saturated rings. The van der Waals surface area contributed by atoms with E-state index in [1.807, 2.05) is 23.2 Å². The van der Waals surface area contributed by atoms with Gasteiger partial charge in [-0.25, -0.2) is 4.68 Å². The van der Waals surface area contributed by atoms with Gasteiger partial charge in [-0.3, -0.25) is 9.78 Å². The lowest BCUT2D eigenvalue weighted by molar-refractivity contribution is 0.0567. The molecule has 0 aromatic carbocycles. The van der Waals surface area contributed by atoms with Crippen molar-refractivity contribution in [3.8, 4) is 5.69 Å². The van der Waals surface area contributed by atoms with E-state index >= 15 is 0 Å². The Labute approximate surface area is 129 Å². The van der Waals surface area contributed by atoms with E-state index in [1.54, 1.807) is 23.1 Å². The van der Waals surface area contributed by atoms with E-state index < -0.39 is 0 Å². The molecule has 6 nitrogen and oxygen atoms in total. The lowest BCUT2D eigenvalue weighted by Crippen LogP contribution is -2.49. The fraction of sp³-hybridized carbons (Fsp3) is 0.438. The zero-order valence-electron chi connectivity index (χ0n) is 12.7. The molecule has 2 aromatic rings. The molecule has 3 rings (SSSR count). The Kier molecular flexibility index (Phi) is 4.20. The molecule has 0 saturated carbocycles. The molecule has 2 aromatic heterocycles. The number of rotatable bonds is 3. The van der Waals surface area contributed by atoms with Gasteiger partial charge in [-0.05, 0) is 37.0 Å². The summed E-state index contributed by atoms with van der Waals surface area (Å²) in [5.74, 6) is 0.567. The highest BCUT2D eigenvalue weighted by molar-refractivity contribution is 5.93. The van der Waals surface area contributed by atoms with Gasteiger partial charge in [0.2, 0.25) is 0 Å². The molecule has 3 heterocycles. The maximum absolute atomic E-state index is 12.8. The number of amides is 1. The Morgan fingerprint density at radius 1 is 1.45 bits per heavy atom. The smallest absolute Gasteiger partial charge is 0.272 e. The molecule has 2 N–H and O–H groups in total. The number of hydrogen-bond donors (Lipinski definition) is 1. The highest BCUT2D eigenvalue weighted by Crippen LogP contribution is 2.23. The third kappa shape index (κ3) is 2.87. The van der Waals surface area contributed by atoms with Crippen molar-refractivity contribution in [1.29, 1.82) is 0 Å². The van der Waals surface area contributed by atoms with Gasteiger partial charge in [-0.1, -0.05) is 6.92 Å². The number of carbonyl (C=O) groups excluding carboxylic acids is 1. The Hall–Kier alpha value is -2.21. The quantitative estimate of drug-likeness (QED) is 0.931. The van der Waals surface area contributed by atoms with Crippen molar-refractivity contribution >= 4 is 5.91 Å². The van der Waals surface area contributed by atoms with Crippen LogP contribution < -0.4 is 5.73 Å². The molecule has 6 heteroatoms. The first-order chi connectivity index (χ1) is 10.7. The molecule has 1 aliphatic heterocycles. The number of hydrogen-bond acceptors (Lipinski definition) is 4. The van der Waals surface area contributed by atoms with Gasteiger partial charge in [0.1, 0.15) is 5.69 Å². The minimum absolute atomic E-state index is 0.0450. The number of piperidine rings is 1. The highest BCUT2D eigenvalue weighted by Gasteiger charge is 2.30. The maximum Gasteiger partial charge on any atom is 0.272 e. The zero-order valence-corrected chi connectivity index (χ0v) is 12.7. The van der Waals surface area contributed by atoms with Gasteiger partial charge in [0.05, 0.1) is 5.69 Å². The summed E-state index contributed by atoms with van der Waals surface area (Å²) in [6.45, 7) is 3.45. The van der Waals surface area contributed by atoms with Gasteiger partial charge in [-0.2, -0.15) is 5.10 Å². The second-order valence-corrected chi connectivity index (χ2v) is 5.87. The molecule has 1 amide bonds. The first-order valence-electron chi connectivity index (χ1n) is 7.66. The van der Waals surface area contributed by atoms with Crippen LogP contribution in [0.4, 0.5) is 0 Å². The summed E-state index contributed by atoms with van der Waals surface area (Å²) in [6.07, 6.45) is 7.17. The van der Waals surface area contributed by atoms with Crippen LogP contribution in [0.15, 0.2) is 36.8 Å². The van der Waals surface area contributed by atoms with Crippen molar-refractivity contribution in [2.75, 3.05) is 13.1 Å². The summed E-state index contributed by atoms with van der Waals surface area (Å²) >= 11 is 0. The Morgan fingerprint density at radius 2 is 2.32 bits per heavy atom. The third-order valence-corrected chi connectivity index (χ3v) is 4.24. The van der Waals surface area contributed by atoms with Crippen molar-refractivity contribution < 1.29 is 4.79 Å². The van der Waals surface area contributed by atoms with Crippen LogP contribution in [-0.4, -0.2) is 44.7 Å². The van der Waals surface area contributed by atoms with E-state index in [-0.39, 0.29) is 11.9 Å². The summed E-state index contributed by atoms with van der Waals surface area (Å²) < 4.78 is 1.72. The molecule has 1 aliphatic rings. The number of nitrogens with zero attached hydrogens (tertiary/aromatic N) is 4. The molecule has 22 heavy (non-hydrogen) atoms. The van der Waals surface area contributed by atoms with Crippen LogP contribution in [0.1, 0.15) is 30.3 Å². The fourth-order valence-corrected chi connectivity index (χ4v) is 2.99. The Morgan fingerprint density at radius 3 is 3.05 bits per heavy atom. The first-order valence-corrected chi connectivity index (χ1v) is 7.66. The number of nitrogens with two attached hydrogens (primary N) is 1. The molecule has 0 bridgehead atoms. The van der Waals surface area contributed by atoms with Crippen LogP contribution in [0, 0.1) is 5.92 Å². The van der Waals surface area contributed by atoms with Crippen LogP contribution in [0.3, 0.4) is 0 Å². The summed E-state index contributed by atoms with van der Waals surface area (Å²) in [5, 5.41) is 4.18. The molecule has 0 spiro atoms. The lowest BCUT2D eigenvalue weighted by atomic mass is 9.92. The predicted molar refractivity (Wildman–Crippen MR) is 83.6 cm³/mol. The molecular weight excluding hydrogens is 278 g/mol. The minimum atomic E-state index is -0.0450. The maximum atomic E-state index is 12.8. The number of aromatic nitrogens is 3. The standard InChI is InChI=1S/C16H21N5O/c1-12-4-8-20(14(9-12)11-17)16(22)15-10-13(3-6-18-15)21-7-2-5-19-21/h2-3,5-7,10,12,14H,4,8-9,11,17H2,1H3. The van der Waals surface area contributed by atoms with Crippen molar-refractivity contribution in [2.24, 2.45) is 11.7 Å². The SMILES string of the molecule is CC1CCN(C(=O)c2cc(-n3cccn3)ccn2)C(CN)C1. The van der Waals surface area contributed by atoms with Crippen LogP contribution >= 0.6 is 0 Å². The summed E-state index contributed by atoms with van der Waals surface area (Å²) in [5.41, 5.74) is 7.13. The van der Waals surface area contributed by atoms with Gasteiger partial charge in [0.25, 0.3) is 5.91 Å². The number of likely N-dealkylation sites (tertiary alicyclic amines) is 1. The van der Waals surface area contributed by atoms with E-state index in [9.17, 15) is 4.79 Å². The second kappa shape index (κ2) is 6.27. The van der Waals surface area contributed by atoms with E-state index in [2.05, 4.69) is 17.0 Å². The minimum Gasteiger partial charge on any atom is -0.333 e. The predicted octanol–water partition coefficient (Wildman–Crippen LogP) is 1.47. The van der Waals surface area contributed by atoms with Crippen molar-refractivity contribution in [3.63, 3.8) is 0 Å². The van der Waals surface area contributed by atoms with Gasteiger partial charge in [-0.15, -0.1) is 0 Å². The van der Waals surface area contributed by atoms with Gasteiger partial charge in [0, 0.05) is 37.7 Å². The summed E-state index contributed by atoms with van der Waals surface area (Å²) in [6, 6.07) is 5.56. The molecule has 0 radical (unpaired) electrons. The summed E-state index contributed by atoms with van der Waals surface area (Å²) in [4.78, 5) is 18.9. The lowest BCUT2D eigenvalue weighted by Gasteiger charge is -2.37. The van der Waals surface area contributed by atoms with Crippen molar-refractivity contribution in [3.05, 3.63) is 42.5 Å². The van der Waals surface area contributed by atoms with E-state index in [0.717, 1.165) is 25.1 Å². The molecular formula is C16H21N5O. The molecule has 2 unspecified atom stereocenters. The van der Waals surface area contributed by atoms with Crippen LogP contribution in [0.25, 0.3) is 5.69 Å². The average molecular weight is 299 g/mol. The monoisotopic (exact) mass is 299 g/mol. The normalized spacial score (nSPS) is 21.8. The Bertz CT molecular complexity index is 640. The topological polar surface area (TPSA) is 77.0 Å². The van der Waals surface area contributed by atoms with Crippen LogP contribution in [0.2, 0.25) is 0 Å². The third-order valence-electron chi connectivity index (χ3n) is 4.24. The highest BCUT2D eigenvalue weighted by atomic mass is 16.2. The van der Waals surface area contributed by atoms with E-state index in [1.165, 1.54) is 0 Å². The van der Waals surface area contributed by atoms with Gasteiger partial charge >= 0.3 is 0 Å². The van der Waals surface area contributed by atoms with Gasteiger partial charge in [0.15, 0.2) is 0 Å². The van der Waals surface area contributed by atoms with Crippen molar-refractivity contribution in [1.82, 2.24) is 19.7 Å². The fourth-order valence-electron chi connectivity index (χ4n) is 2.99. The van der Waals surface area contributed by atoms with E-state index in [4.69, 9.17) is 5.73 Å². The van der Waals surface area contributed by atoms with Crippen LogP contribution in [0.5, 0.6) is 0 Å². The van der Waals surface area contributed by atoms with E-state index in [0.29, 0.717) is 18.2 Å². The number of carbonyl (C=O) groups is 1. The Balaban J connectivity index is 1.84. The molecule has 116 valence electrons. The first kappa shape index (κ1) is 14.7. The van der Waals surface area contributed by atoms with Crippen LogP contribution in [-0.2, 0) is 0 Å². The zero-order chi connectivity index (χ0) is 15.5. The largest absolute Gasteiger partial charge is 0.333 e. The van der Waals surface area contributed by atoms with Crippen molar-refractivity contribution in [2.45, 2.75) is 25.8 Å². The molecule has 0 aliphatic carbocycles. The van der Waals surface area contributed by atoms with Gasteiger partial charge < -0.3 is 10.6 Å². The number of pyridine rings is 1. The molecule has 2 atom stereocenters. The molecule has 1 saturated heterocycles.